The number of carbonyl (C=O) groups excluding carboxylic acids is 1. The number of aryl methyl sites for hydroxylation is 1. The number of nitrogens with one attached hydrogen (secondary N) is 1. The van der Waals surface area contributed by atoms with Crippen molar-refractivity contribution < 1.29 is 9.53 Å². The average molecular weight is 373 g/mol. The van der Waals surface area contributed by atoms with Gasteiger partial charge in [0.25, 0.3) is 5.91 Å². The van der Waals surface area contributed by atoms with Gasteiger partial charge in [-0.15, -0.1) is 0 Å². The molecule has 3 aromatic rings. The van der Waals surface area contributed by atoms with Crippen LogP contribution in [0.5, 0.6) is 5.75 Å². The van der Waals surface area contributed by atoms with E-state index in [2.05, 4.69) is 29.4 Å². The van der Waals surface area contributed by atoms with E-state index in [0.29, 0.717) is 12.1 Å². The number of anilines is 1. The molecule has 142 valence electrons. The van der Waals surface area contributed by atoms with Gasteiger partial charge in [0, 0.05) is 18.4 Å². The van der Waals surface area contributed by atoms with E-state index in [9.17, 15) is 4.79 Å². The molecule has 0 aliphatic carbocycles. The van der Waals surface area contributed by atoms with E-state index >= 15 is 0 Å². The van der Waals surface area contributed by atoms with Crippen molar-refractivity contribution in [2.75, 3.05) is 12.4 Å². The molecule has 2 aromatic carbocycles. The molecular formula is C23H23N3O2. The molecule has 0 saturated heterocycles. The van der Waals surface area contributed by atoms with E-state index in [0.717, 1.165) is 29.1 Å². The highest BCUT2D eigenvalue weighted by Gasteiger charge is 2.38. The van der Waals surface area contributed by atoms with Gasteiger partial charge in [-0.3, -0.25) is 9.78 Å². The SMILES string of the molecule is CCc1ccccc1N[C@@H]1c2ncccc2C(=O)N1Cc1ccc(OC)cc1. The third-order valence-corrected chi connectivity index (χ3v) is 5.10. The molecule has 0 saturated carbocycles. The minimum Gasteiger partial charge on any atom is -0.497 e. The van der Waals surface area contributed by atoms with Gasteiger partial charge in [-0.1, -0.05) is 37.3 Å². The minimum absolute atomic E-state index is 0.00889. The number of aromatic nitrogens is 1. The maximum Gasteiger partial charge on any atom is 0.258 e. The number of rotatable bonds is 6. The maximum absolute atomic E-state index is 13.1. The van der Waals surface area contributed by atoms with Crippen molar-refractivity contribution in [2.24, 2.45) is 0 Å². The zero-order valence-electron chi connectivity index (χ0n) is 16.1. The second-order valence-corrected chi connectivity index (χ2v) is 6.77. The number of amides is 1. The summed E-state index contributed by atoms with van der Waals surface area (Å²) in [4.78, 5) is 19.5. The Hall–Kier alpha value is -3.34. The minimum atomic E-state index is -0.307. The Balaban J connectivity index is 1.68. The van der Waals surface area contributed by atoms with E-state index in [1.54, 1.807) is 13.3 Å². The summed E-state index contributed by atoms with van der Waals surface area (Å²) in [6.45, 7) is 2.62. The molecule has 0 spiro atoms. The van der Waals surface area contributed by atoms with Crippen LogP contribution in [-0.4, -0.2) is 22.9 Å². The van der Waals surface area contributed by atoms with Gasteiger partial charge < -0.3 is 15.0 Å². The third-order valence-electron chi connectivity index (χ3n) is 5.10. The molecule has 1 atom stereocenters. The van der Waals surface area contributed by atoms with Gasteiger partial charge in [0.05, 0.1) is 18.4 Å². The molecule has 2 heterocycles. The lowest BCUT2D eigenvalue weighted by Gasteiger charge is -2.27. The number of para-hydroxylation sites is 1. The van der Waals surface area contributed by atoms with Crippen LogP contribution in [0.4, 0.5) is 5.69 Å². The lowest BCUT2D eigenvalue weighted by Crippen LogP contribution is -2.32. The van der Waals surface area contributed by atoms with Crippen molar-refractivity contribution in [2.45, 2.75) is 26.1 Å². The second kappa shape index (κ2) is 7.72. The van der Waals surface area contributed by atoms with Crippen LogP contribution in [0.15, 0.2) is 66.9 Å². The summed E-state index contributed by atoms with van der Waals surface area (Å²) in [7, 11) is 1.65. The topological polar surface area (TPSA) is 54.5 Å². The summed E-state index contributed by atoms with van der Waals surface area (Å²) >= 11 is 0. The van der Waals surface area contributed by atoms with Crippen molar-refractivity contribution in [3.05, 3.63) is 89.2 Å². The molecule has 1 aliphatic heterocycles. The fourth-order valence-corrected chi connectivity index (χ4v) is 3.59. The van der Waals surface area contributed by atoms with Crippen LogP contribution in [0.1, 0.15) is 40.3 Å². The number of benzene rings is 2. The first kappa shape index (κ1) is 18.0. The van der Waals surface area contributed by atoms with E-state index in [1.165, 1.54) is 5.56 Å². The van der Waals surface area contributed by atoms with Crippen molar-refractivity contribution in [1.82, 2.24) is 9.88 Å². The number of carbonyl (C=O) groups is 1. The molecular weight excluding hydrogens is 350 g/mol. The number of fused-ring (bicyclic) bond motifs is 1. The third kappa shape index (κ3) is 3.31. The van der Waals surface area contributed by atoms with Crippen molar-refractivity contribution in [3.8, 4) is 5.75 Å². The number of pyridine rings is 1. The molecule has 5 nitrogen and oxygen atoms in total. The fraction of sp³-hybridized carbons (Fsp3) is 0.217. The van der Waals surface area contributed by atoms with E-state index in [-0.39, 0.29) is 12.1 Å². The van der Waals surface area contributed by atoms with Crippen LogP contribution in [0.3, 0.4) is 0 Å². The van der Waals surface area contributed by atoms with Crippen LogP contribution < -0.4 is 10.1 Å². The number of ether oxygens (including phenoxy) is 1. The Morgan fingerprint density at radius 1 is 1.07 bits per heavy atom. The summed E-state index contributed by atoms with van der Waals surface area (Å²) in [5.74, 6) is 0.790. The highest BCUT2D eigenvalue weighted by Crippen LogP contribution is 2.35. The van der Waals surface area contributed by atoms with Gasteiger partial charge in [0.1, 0.15) is 11.9 Å². The summed E-state index contributed by atoms with van der Waals surface area (Å²) in [6.07, 6.45) is 2.35. The molecule has 1 N–H and O–H groups in total. The van der Waals surface area contributed by atoms with Gasteiger partial charge in [0.2, 0.25) is 0 Å². The molecule has 1 aliphatic rings. The smallest absolute Gasteiger partial charge is 0.258 e. The zero-order valence-corrected chi connectivity index (χ0v) is 16.1. The fourth-order valence-electron chi connectivity index (χ4n) is 3.59. The highest BCUT2D eigenvalue weighted by molar-refractivity contribution is 5.98. The molecule has 4 rings (SSSR count). The van der Waals surface area contributed by atoms with Gasteiger partial charge in [-0.25, -0.2) is 0 Å². The van der Waals surface area contributed by atoms with E-state index < -0.39 is 0 Å². The molecule has 0 radical (unpaired) electrons. The van der Waals surface area contributed by atoms with Crippen LogP contribution >= 0.6 is 0 Å². The molecule has 28 heavy (non-hydrogen) atoms. The predicted octanol–water partition coefficient (Wildman–Crippen LogP) is 4.42. The summed E-state index contributed by atoms with van der Waals surface area (Å²) < 4.78 is 5.23. The monoisotopic (exact) mass is 373 g/mol. The quantitative estimate of drug-likeness (QED) is 0.695. The lowest BCUT2D eigenvalue weighted by atomic mass is 10.1. The highest BCUT2D eigenvalue weighted by atomic mass is 16.5. The van der Waals surface area contributed by atoms with Crippen molar-refractivity contribution >= 4 is 11.6 Å². The first-order valence-electron chi connectivity index (χ1n) is 9.44. The van der Waals surface area contributed by atoms with Gasteiger partial charge in [0.15, 0.2) is 0 Å². The van der Waals surface area contributed by atoms with Gasteiger partial charge in [-0.05, 0) is 47.9 Å². The number of hydrogen-bond donors (Lipinski definition) is 1. The Morgan fingerprint density at radius 2 is 1.86 bits per heavy atom. The van der Waals surface area contributed by atoms with Crippen LogP contribution in [-0.2, 0) is 13.0 Å². The molecule has 5 heteroatoms. The Morgan fingerprint density at radius 3 is 2.61 bits per heavy atom. The zero-order chi connectivity index (χ0) is 19.5. The maximum atomic E-state index is 13.1. The Kier molecular flexibility index (Phi) is 4.98. The molecule has 1 amide bonds. The summed E-state index contributed by atoms with van der Waals surface area (Å²) in [5, 5.41) is 3.56. The van der Waals surface area contributed by atoms with Crippen LogP contribution in [0, 0.1) is 0 Å². The summed E-state index contributed by atoms with van der Waals surface area (Å²) in [6, 6.07) is 19.6. The van der Waals surface area contributed by atoms with Crippen LogP contribution in [0.2, 0.25) is 0 Å². The van der Waals surface area contributed by atoms with Gasteiger partial charge >= 0.3 is 0 Å². The lowest BCUT2D eigenvalue weighted by molar-refractivity contribution is 0.0727. The van der Waals surface area contributed by atoms with Crippen LogP contribution in [0.25, 0.3) is 0 Å². The largest absolute Gasteiger partial charge is 0.497 e. The number of nitrogens with zero attached hydrogens (tertiary/aromatic N) is 2. The van der Waals surface area contributed by atoms with E-state index in [4.69, 9.17) is 4.74 Å². The standard InChI is InChI=1S/C23H23N3O2/c1-3-17-7-4-5-9-20(17)25-22-21-19(8-6-14-24-21)23(27)26(22)15-16-10-12-18(28-2)13-11-16/h4-14,22,25H,3,15H2,1-2H3/t22-/m0/s1. The Bertz CT molecular complexity index is 985. The molecule has 0 unspecified atom stereocenters. The second-order valence-electron chi connectivity index (χ2n) is 6.77. The first-order chi connectivity index (χ1) is 13.7. The van der Waals surface area contributed by atoms with E-state index in [1.807, 2.05) is 53.4 Å². The number of methoxy groups -OCH3 is 1. The average Bonchev–Trinajstić information content (AvgIpc) is 3.01. The van der Waals surface area contributed by atoms with Gasteiger partial charge in [-0.2, -0.15) is 0 Å². The molecule has 0 bridgehead atoms. The van der Waals surface area contributed by atoms with Crippen molar-refractivity contribution in [3.63, 3.8) is 0 Å². The van der Waals surface area contributed by atoms with Crippen molar-refractivity contribution in [1.29, 1.82) is 0 Å². The molecule has 0 fully saturated rings. The number of hydrogen-bond acceptors (Lipinski definition) is 4. The predicted molar refractivity (Wildman–Crippen MR) is 109 cm³/mol. The Labute approximate surface area is 165 Å². The first-order valence-corrected chi connectivity index (χ1v) is 9.44. The normalized spacial score (nSPS) is 15.4. The molecule has 1 aromatic heterocycles. The summed E-state index contributed by atoms with van der Waals surface area (Å²) in [5.41, 5.74) is 4.71.